The summed E-state index contributed by atoms with van der Waals surface area (Å²) in [6.07, 6.45) is 0. The number of methoxy groups -OCH3 is 1. The van der Waals surface area contributed by atoms with Crippen LogP contribution in [-0.4, -0.2) is 7.11 Å². The highest BCUT2D eigenvalue weighted by Crippen LogP contribution is 2.43. The van der Waals surface area contributed by atoms with Gasteiger partial charge in [0.25, 0.3) is 0 Å². The Morgan fingerprint density at radius 3 is 2.69 bits per heavy atom. The molecule has 0 aliphatic rings. The molecule has 0 aromatic carbocycles. The summed E-state index contributed by atoms with van der Waals surface area (Å²) in [4.78, 5) is 4.21. The van der Waals surface area contributed by atoms with Crippen molar-refractivity contribution in [3.8, 4) is 5.75 Å². The molecular formula is C12H13BrOS2. The van der Waals surface area contributed by atoms with Crippen LogP contribution in [0.15, 0.2) is 17.5 Å². The maximum Gasteiger partial charge on any atom is 0.134 e. The van der Waals surface area contributed by atoms with E-state index in [0.717, 1.165) is 5.75 Å². The van der Waals surface area contributed by atoms with Crippen LogP contribution in [0, 0.1) is 13.8 Å². The lowest BCUT2D eigenvalue weighted by Gasteiger charge is -2.09. The van der Waals surface area contributed by atoms with Crippen LogP contribution in [0.5, 0.6) is 5.75 Å². The zero-order valence-corrected chi connectivity index (χ0v) is 12.6. The fourth-order valence-corrected chi connectivity index (χ4v) is 4.70. The molecule has 0 aliphatic carbocycles. The average molecular weight is 317 g/mol. The highest BCUT2D eigenvalue weighted by atomic mass is 79.9. The minimum atomic E-state index is 0.243. The SMILES string of the molecule is COc1ccsc1C(Br)c1cc(C)sc1C. The van der Waals surface area contributed by atoms with Crippen LogP contribution in [0.4, 0.5) is 0 Å². The first-order valence-electron chi connectivity index (χ1n) is 4.96. The van der Waals surface area contributed by atoms with Gasteiger partial charge < -0.3 is 4.74 Å². The van der Waals surface area contributed by atoms with Gasteiger partial charge in [0.1, 0.15) is 5.75 Å². The summed E-state index contributed by atoms with van der Waals surface area (Å²) in [7, 11) is 1.72. The van der Waals surface area contributed by atoms with Gasteiger partial charge in [0.15, 0.2) is 0 Å². The molecule has 0 bridgehead atoms. The molecule has 1 nitrogen and oxygen atoms in total. The summed E-state index contributed by atoms with van der Waals surface area (Å²) in [6, 6.07) is 4.27. The lowest BCUT2D eigenvalue weighted by molar-refractivity contribution is 0.413. The quantitative estimate of drug-likeness (QED) is 0.730. The van der Waals surface area contributed by atoms with Crippen molar-refractivity contribution in [2.75, 3.05) is 7.11 Å². The fraction of sp³-hybridized carbons (Fsp3) is 0.333. The molecule has 2 aromatic heterocycles. The largest absolute Gasteiger partial charge is 0.496 e. The zero-order chi connectivity index (χ0) is 11.7. The Morgan fingerprint density at radius 1 is 1.38 bits per heavy atom. The van der Waals surface area contributed by atoms with Gasteiger partial charge in [-0.25, -0.2) is 0 Å². The topological polar surface area (TPSA) is 9.23 Å². The Hall–Kier alpha value is -0.320. The normalized spacial score (nSPS) is 12.8. The summed E-state index contributed by atoms with van der Waals surface area (Å²) in [5.41, 5.74) is 1.35. The second-order valence-corrected chi connectivity index (χ2v) is 6.91. The van der Waals surface area contributed by atoms with Crippen molar-refractivity contribution >= 4 is 38.6 Å². The average Bonchev–Trinajstić information content (AvgIpc) is 2.83. The van der Waals surface area contributed by atoms with Crippen LogP contribution in [0.2, 0.25) is 0 Å². The first-order chi connectivity index (χ1) is 7.63. The van der Waals surface area contributed by atoms with Gasteiger partial charge in [-0.05, 0) is 36.9 Å². The highest BCUT2D eigenvalue weighted by molar-refractivity contribution is 9.09. The van der Waals surface area contributed by atoms with Crippen molar-refractivity contribution in [3.05, 3.63) is 37.7 Å². The van der Waals surface area contributed by atoms with Crippen LogP contribution in [0.1, 0.15) is 25.0 Å². The van der Waals surface area contributed by atoms with Gasteiger partial charge in [-0.15, -0.1) is 22.7 Å². The molecule has 86 valence electrons. The summed E-state index contributed by atoms with van der Waals surface area (Å²) in [5.74, 6) is 0.968. The second kappa shape index (κ2) is 4.90. The Kier molecular flexibility index (Phi) is 3.72. The molecule has 0 spiro atoms. The summed E-state index contributed by atoms with van der Waals surface area (Å²) >= 11 is 7.34. The van der Waals surface area contributed by atoms with Crippen molar-refractivity contribution < 1.29 is 4.74 Å². The fourth-order valence-electron chi connectivity index (χ4n) is 1.71. The summed E-state index contributed by atoms with van der Waals surface area (Å²) in [6.45, 7) is 4.31. The molecule has 0 amide bonds. The van der Waals surface area contributed by atoms with Crippen LogP contribution < -0.4 is 4.74 Å². The van der Waals surface area contributed by atoms with E-state index in [1.54, 1.807) is 18.4 Å². The Bertz CT molecular complexity index is 487. The number of rotatable bonds is 3. The minimum Gasteiger partial charge on any atom is -0.496 e. The number of ether oxygens (including phenoxy) is 1. The molecule has 2 rings (SSSR count). The van der Waals surface area contributed by atoms with E-state index >= 15 is 0 Å². The lowest BCUT2D eigenvalue weighted by Crippen LogP contribution is -1.92. The lowest BCUT2D eigenvalue weighted by atomic mass is 10.1. The molecule has 4 heteroatoms. The second-order valence-electron chi connectivity index (χ2n) is 3.58. The van der Waals surface area contributed by atoms with Gasteiger partial charge in [-0.2, -0.15) is 0 Å². The molecule has 0 saturated carbocycles. The monoisotopic (exact) mass is 316 g/mol. The van der Waals surface area contributed by atoms with E-state index < -0.39 is 0 Å². The third-order valence-corrected chi connectivity index (χ3v) is 5.66. The molecule has 0 fully saturated rings. The molecule has 1 atom stereocenters. The van der Waals surface area contributed by atoms with Crippen LogP contribution >= 0.6 is 38.6 Å². The Balaban J connectivity index is 2.38. The predicted octanol–water partition coefficient (Wildman–Crippen LogP) is 4.92. The third-order valence-electron chi connectivity index (χ3n) is 2.46. The van der Waals surface area contributed by atoms with Crippen molar-refractivity contribution in [1.82, 2.24) is 0 Å². The van der Waals surface area contributed by atoms with Crippen molar-refractivity contribution in [2.24, 2.45) is 0 Å². The van der Waals surface area contributed by atoms with Crippen molar-refractivity contribution in [2.45, 2.75) is 18.7 Å². The molecule has 1 unspecified atom stereocenters. The standard InChI is InChI=1S/C12H13BrOS2/c1-7-6-9(8(2)16-7)11(13)12-10(14-3)4-5-15-12/h4-6,11H,1-3H3. The van der Waals surface area contributed by atoms with E-state index in [4.69, 9.17) is 4.74 Å². The molecule has 2 aromatic rings. The molecule has 0 N–H and O–H groups in total. The molecule has 2 heterocycles. The summed E-state index contributed by atoms with van der Waals surface area (Å²) in [5, 5.41) is 2.07. The van der Waals surface area contributed by atoms with Gasteiger partial charge in [0.2, 0.25) is 0 Å². The van der Waals surface area contributed by atoms with E-state index in [1.165, 1.54) is 20.2 Å². The molecule has 16 heavy (non-hydrogen) atoms. The van der Waals surface area contributed by atoms with Gasteiger partial charge in [0, 0.05) is 9.75 Å². The van der Waals surface area contributed by atoms with Gasteiger partial charge >= 0.3 is 0 Å². The maximum absolute atomic E-state index is 5.36. The van der Waals surface area contributed by atoms with E-state index in [9.17, 15) is 0 Å². The molecule has 0 radical (unpaired) electrons. The number of hydrogen-bond acceptors (Lipinski definition) is 3. The van der Waals surface area contributed by atoms with Gasteiger partial charge in [-0.3, -0.25) is 0 Å². The molecule has 0 aliphatic heterocycles. The predicted molar refractivity (Wildman–Crippen MR) is 75.4 cm³/mol. The van der Waals surface area contributed by atoms with E-state index in [2.05, 4.69) is 41.2 Å². The van der Waals surface area contributed by atoms with Crippen LogP contribution in [-0.2, 0) is 0 Å². The van der Waals surface area contributed by atoms with E-state index in [0.29, 0.717) is 0 Å². The Morgan fingerprint density at radius 2 is 2.12 bits per heavy atom. The van der Waals surface area contributed by atoms with Crippen molar-refractivity contribution in [1.29, 1.82) is 0 Å². The summed E-state index contributed by atoms with van der Waals surface area (Å²) < 4.78 is 5.36. The Labute approximate surface area is 112 Å². The number of halogens is 1. The zero-order valence-electron chi connectivity index (χ0n) is 9.41. The first-order valence-corrected chi connectivity index (χ1v) is 7.57. The highest BCUT2D eigenvalue weighted by Gasteiger charge is 2.19. The van der Waals surface area contributed by atoms with Crippen LogP contribution in [0.25, 0.3) is 0 Å². The molecular weight excluding hydrogens is 304 g/mol. The number of alkyl halides is 1. The minimum absolute atomic E-state index is 0.243. The third kappa shape index (κ3) is 2.19. The van der Waals surface area contributed by atoms with Crippen molar-refractivity contribution in [3.63, 3.8) is 0 Å². The smallest absolute Gasteiger partial charge is 0.134 e. The number of aryl methyl sites for hydroxylation is 2. The first kappa shape index (κ1) is 12.1. The van der Waals surface area contributed by atoms with Gasteiger partial charge in [0.05, 0.1) is 16.8 Å². The van der Waals surface area contributed by atoms with Crippen LogP contribution in [0.3, 0.4) is 0 Å². The van der Waals surface area contributed by atoms with Gasteiger partial charge in [-0.1, -0.05) is 15.9 Å². The van der Waals surface area contributed by atoms with E-state index in [-0.39, 0.29) is 4.83 Å². The number of hydrogen-bond donors (Lipinski definition) is 0. The maximum atomic E-state index is 5.36. The van der Waals surface area contributed by atoms with E-state index in [1.807, 2.05) is 17.4 Å². The number of thiophene rings is 2. The molecule has 0 saturated heterocycles.